The van der Waals surface area contributed by atoms with Crippen LogP contribution in [-0.2, 0) is 19.2 Å². The Hall–Kier alpha value is -2.50. The highest BCUT2D eigenvalue weighted by Crippen LogP contribution is 2.14. The van der Waals surface area contributed by atoms with E-state index < -0.39 is 0 Å². The topological polar surface area (TPSA) is 92.3 Å². The first-order chi connectivity index (χ1) is 9.36. The predicted octanol–water partition coefficient (Wildman–Crippen LogP) is 1.52. The first-order valence-electron chi connectivity index (χ1n) is 6.05. The molecule has 0 aliphatic rings. The van der Waals surface area contributed by atoms with Gasteiger partial charge in [-0.3, -0.25) is 19.2 Å². The van der Waals surface area contributed by atoms with Crippen molar-refractivity contribution in [1.29, 1.82) is 0 Å². The van der Waals surface area contributed by atoms with E-state index in [0.29, 0.717) is 11.4 Å². The lowest BCUT2D eigenvalue weighted by atomic mass is 10.2. The molecule has 1 aromatic carbocycles. The van der Waals surface area contributed by atoms with Gasteiger partial charge in [0.2, 0.25) is 11.8 Å². The van der Waals surface area contributed by atoms with E-state index in [2.05, 4.69) is 10.6 Å². The summed E-state index contributed by atoms with van der Waals surface area (Å²) in [6.07, 6.45) is -0.339. The van der Waals surface area contributed by atoms with Crippen LogP contribution in [0.15, 0.2) is 24.3 Å². The maximum Gasteiger partial charge on any atom is 0.231 e. The molecule has 0 heterocycles. The summed E-state index contributed by atoms with van der Waals surface area (Å²) in [5.74, 6) is -1.19. The molecular formula is C14H16N2O4. The number of amides is 2. The standard InChI is InChI=1S/C14H16N2O4/c1-9(17)7-13(19)15-11-3-5-12(6-4-11)16-14(20)8-10(2)18/h3-6H,7-8H2,1-2H3,(H,15,19)(H,16,20). The van der Waals surface area contributed by atoms with E-state index in [4.69, 9.17) is 0 Å². The van der Waals surface area contributed by atoms with Crippen molar-refractivity contribution in [3.05, 3.63) is 24.3 Å². The quantitative estimate of drug-likeness (QED) is 0.770. The summed E-state index contributed by atoms with van der Waals surface area (Å²) in [4.78, 5) is 44.3. The van der Waals surface area contributed by atoms with Gasteiger partial charge >= 0.3 is 0 Å². The smallest absolute Gasteiger partial charge is 0.231 e. The van der Waals surface area contributed by atoms with Gasteiger partial charge in [0.25, 0.3) is 0 Å². The zero-order chi connectivity index (χ0) is 15.1. The Labute approximate surface area is 116 Å². The molecule has 0 fully saturated rings. The minimum Gasteiger partial charge on any atom is -0.326 e. The molecule has 2 N–H and O–H groups in total. The number of benzene rings is 1. The van der Waals surface area contributed by atoms with Crippen LogP contribution >= 0.6 is 0 Å². The fourth-order valence-electron chi connectivity index (χ4n) is 1.50. The number of ketones is 2. The molecule has 0 saturated carbocycles. The molecule has 1 rings (SSSR count). The Morgan fingerprint density at radius 1 is 0.750 bits per heavy atom. The van der Waals surface area contributed by atoms with Gasteiger partial charge in [-0.15, -0.1) is 0 Å². The van der Waals surface area contributed by atoms with Crippen LogP contribution < -0.4 is 10.6 Å². The van der Waals surface area contributed by atoms with Crippen molar-refractivity contribution in [2.45, 2.75) is 26.7 Å². The van der Waals surface area contributed by atoms with Gasteiger partial charge in [0, 0.05) is 11.4 Å². The number of nitrogens with one attached hydrogen (secondary N) is 2. The molecule has 6 heteroatoms. The molecule has 20 heavy (non-hydrogen) atoms. The van der Waals surface area contributed by atoms with Crippen molar-refractivity contribution in [2.24, 2.45) is 0 Å². The SMILES string of the molecule is CC(=O)CC(=O)Nc1ccc(NC(=O)CC(C)=O)cc1. The molecule has 0 radical (unpaired) electrons. The molecule has 2 amide bonds. The highest BCUT2D eigenvalue weighted by Gasteiger charge is 2.07. The van der Waals surface area contributed by atoms with Crippen LogP contribution in [0.1, 0.15) is 26.7 Å². The van der Waals surface area contributed by atoms with Crippen LogP contribution in [0.25, 0.3) is 0 Å². The largest absolute Gasteiger partial charge is 0.326 e. The number of rotatable bonds is 6. The van der Waals surface area contributed by atoms with E-state index in [1.807, 2.05) is 0 Å². The monoisotopic (exact) mass is 276 g/mol. The zero-order valence-corrected chi connectivity index (χ0v) is 11.4. The van der Waals surface area contributed by atoms with Crippen molar-refractivity contribution < 1.29 is 19.2 Å². The average molecular weight is 276 g/mol. The first-order valence-corrected chi connectivity index (χ1v) is 6.05. The summed E-state index contributed by atoms with van der Waals surface area (Å²) in [7, 11) is 0. The number of anilines is 2. The molecule has 0 aliphatic carbocycles. The lowest BCUT2D eigenvalue weighted by molar-refractivity contribution is -0.125. The average Bonchev–Trinajstić information content (AvgIpc) is 2.29. The Balaban J connectivity index is 2.56. The number of hydrogen-bond acceptors (Lipinski definition) is 4. The van der Waals surface area contributed by atoms with Gasteiger partial charge in [0.05, 0.1) is 12.8 Å². The van der Waals surface area contributed by atoms with Gasteiger partial charge in [-0.1, -0.05) is 0 Å². The van der Waals surface area contributed by atoms with Crippen LogP contribution in [0, 0.1) is 0 Å². The Bertz CT molecular complexity index is 486. The van der Waals surface area contributed by atoms with Crippen molar-refractivity contribution >= 4 is 34.8 Å². The molecule has 0 aliphatic heterocycles. The van der Waals surface area contributed by atoms with Crippen molar-refractivity contribution in [1.82, 2.24) is 0 Å². The molecule has 106 valence electrons. The molecule has 1 aromatic rings. The van der Waals surface area contributed by atoms with Gasteiger partial charge in [0.15, 0.2) is 0 Å². The molecule has 0 saturated heterocycles. The maximum absolute atomic E-state index is 11.4. The van der Waals surface area contributed by atoms with Crippen LogP contribution in [-0.4, -0.2) is 23.4 Å². The summed E-state index contributed by atoms with van der Waals surface area (Å²) in [6, 6.07) is 6.39. The fraction of sp³-hybridized carbons (Fsp3) is 0.286. The number of carbonyl (C=O) groups is 4. The second-order valence-electron chi connectivity index (χ2n) is 4.43. The van der Waals surface area contributed by atoms with E-state index in [0.717, 1.165) is 0 Å². The van der Waals surface area contributed by atoms with Crippen LogP contribution in [0.3, 0.4) is 0 Å². The van der Waals surface area contributed by atoms with E-state index in [-0.39, 0.29) is 36.2 Å². The molecule has 0 bridgehead atoms. The third-order valence-corrected chi connectivity index (χ3v) is 2.27. The maximum atomic E-state index is 11.4. The highest BCUT2D eigenvalue weighted by atomic mass is 16.2. The second kappa shape index (κ2) is 7.18. The summed E-state index contributed by atoms with van der Waals surface area (Å²) in [5, 5.41) is 5.12. The van der Waals surface area contributed by atoms with Gasteiger partial charge in [-0.05, 0) is 38.1 Å². The van der Waals surface area contributed by atoms with Crippen molar-refractivity contribution in [2.75, 3.05) is 10.6 Å². The third-order valence-electron chi connectivity index (χ3n) is 2.27. The fourth-order valence-corrected chi connectivity index (χ4v) is 1.50. The molecule has 6 nitrogen and oxygen atoms in total. The number of hydrogen-bond donors (Lipinski definition) is 2. The zero-order valence-electron chi connectivity index (χ0n) is 11.4. The van der Waals surface area contributed by atoms with Gasteiger partial charge in [0.1, 0.15) is 11.6 Å². The predicted molar refractivity (Wildman–Crippen MR) is 74.3 cm³/mol. The van der Waals surface area contributed by atoms with Gasteiger partial charge < -0.3 is 10.6 Å². The molecular weight excluding hydrogens is 260 g/mol. The second-order valence-corrected chi connectivity index (χ2v) is 4.43. The van der Waals surface area contributed by atoms with Gasteiger partial charge in [-0.25, -0.2) is 0 Å². The normalized spacial score (nSPS) is 9.70. The summed E-state index contributed by atoms with van der Waals surface area (Å²) < 4.78 is 0. The van der Waals surface area contributed by atoms with Crippen molar-refractivity contribution in [3.8, 4) is 0 Å². The summed E-state index contributed by atoms with van der Waals surface area (Å²) in [5.41, 5.74) is 1.06. The molecule has 0 atom stereocenters. The Morgan fingerprint density at radius 3 is 1.30 bits per heavy atom. The van der Waals surface area contributed by atoms with E-state index in [1.165, 1.54) is 13.8 Å². The van der Waals surface area contributed by atoms with Crippen LogP contribution in [0.5, 0.6) is 0 Å². The summed E-state index contributed by atoms with van der Waals surface area (Å²) in [6.45, 7) is 2.68. The van der Waals surface area contributed by atoms with E-state index in [1.54, 1.807) is 24.3 Å². The number of carbonyl (C=O) groups excluding carboxylic acids is 4. The number of Topliss-reactive ketones (excluding diaryl/α,β-unsaturated/α-hetero) is 2. The lowest BCUT2D eigenvalue weighted by Gasteiger charge is -2.07. The molecule has 0 aromatic heterocycles. The molecule has 0 unspecified atom stereocenters. The van der Waals surface area contributed by atoms with Crippen molar-refractivity contribution in [3.63, 3.8) is 0 Å². The molecule has 0 spiro atoms. The van der Waals surface area contributed by atoms with E-state index in [9.17, 15) is 19.2 Å². The van der Waals surface area contributed by atoms with E-state index >= 15 is 0 Å². The lowest BCUT2D eigenvalue weighted by Crippen LogP contribution is -2.16. The highest BCUT2D eigenvalue weighted by molar-refractivity contribution is 6.04. The van der Waals surface area contributed by atoms with Crippen LogP contribution in [0.2, 0.25) is 0 Å². The Kier molecular flexibility index (Phi) is 5.58. The third kappa shape index (κ3) is 5.90. The first kappa shape index (κ1) is 15.6. The summed E-state index contributed by atoms with van der Waals surface area (Å²) >= 11 is 0. The van der Waals surface area contributed by atoms with Crippen LogP contribution in [0.4, 0.5) is 11.4 Å². The minimum absolute atomic E-state index is 0.170. The van der Waals surface area contributed by atoms with Gasteiger partial charge in [-0.2, -0.15) is 0 Å². The minimum atomic E-state index is -0.383. The Morgan fingerprint density at radius 2 is 1.05 bits per heavy atom.